The SMILES string of the molecule is CCNC(=NCC(C)SC)NCCCOCC1CC1. The van der Waals surface area contributed by atoms with E-state index in [9.17, 15) is 0 Å². The van der Waals surface area contributed by atoms with Crippen LogP contribution in [0.3, 0.4) is 0 Å². The van der Waals surface area contributed by atoms with Crippen molar-refractivity contribution in [1.29, 1.82) is 0 Å². The molecule has 1 fully saturated rings. The largest absolute Gasteiger partial charge is 0.381 e. The van der Waals surface area contributed by atoms with Gasteiger partial charge >= 0.3 is 0 Å². The Labute approximate surface area is 122 Å². The molecular formula is C14H29N3OS. The van der Waals surface area contributed by atoms with Crippen molar-refractivity contribution in [3.63, 3.8) is 0 Å². The van der Waals surface area contributed by atoms with E-state index < -0.39 is 0 Å². The number of aliphatic imine (C=N–C) groups is 1. The molecule has 1 atom stereocenters. The van der Waals surface area contributed by atoms with Gasteiger partial charge in [-0.25, -0.2) is 0 Å². The molecule has 2 N–H and O–H groups in total. The lowest BCUT2D eigenvalue weighted by atomic mass is 10.4. The topological polar surface area (TPSA) is 45.7 Å². The highest BCUT2D eigenvalue weighted by atomic mass is 32.2. The summed E-state index contributed by atoms with van der Waals surface area (Å²) >= 11 is 1.85. The van der Waals surface area contributed by atoms with Crippen molar-refractivity contribution in [2.45, 2.75) is 38.4 Å². The summed E-state index contributed by atoms with van der Waals surface area (Å²) < 4.78 is 5.61. The van der Waals surface area contributed by atoms with E-state index in [-0.39, 0.29) is 0 Å². The van der Waals surface area contributed by atoms with Crippen LogP contribution in [-0.4, -0.2) is 50.3 Å². The van der Waals surface area contributed by atoms with Crippen molar-refractivity contribution in [2.75, 3.05) is 39.1 Å². The van der Waals surface area contributed by atoms with Gasteiger partial charge in [-0.1, -0.05) is 6.92 Å². The fraction of sp³-hybridized carbons (Fsp3) is 0.929. The highest BCUT2D eigenvalue weighted by molar-refractivity contribution is 7.99. The second-order valence-electron chi connectivity index (χ2n) is 5.06. The van der Waals surface area contributed by atoms with E-state index in [1.807, 2.05) is 11.8 Å². The van der Waals surface area contributed by atoms with Gasteiger partial charge in [0.25, 0.3) is 0 Å². The average molecular weight is 287 g/mol. The third kappa shape index (κ3) is 9.16. The van der Waals surface area contributed by atoms with Crippen molar-refractivity contribution < 1.29 is 4.74 Å². The molecule has 4 nitrogen and oxygen atoms in total. The minimum Gasteiger partial charge on any atom is -0.381 e. The molecule has 1 aliphatic carbocycles. The average Bonchev–Trinajstić information content (AvgIpc) is 3.23. The third-order valence-corrected chi connectivity index (χ3v) is 4.02. The standard InChI is InChI=1S/C14H29N3OS/c1-4-15-14(17-10-12(2)19-3)16-8-5-9-18-11-13-6-7-13/h12-13H,4-11H2,1-3H3,(H2,15,16,17). The normalized spacial score (nSPS) is 17.3. The summed E-state index contributed by atoms with van der Waals surface area (Å²) in [6.07, 6.45) is 5.89. The first-order valence-electron chi connectivity index (χ1n) is 7.39. The first-order chi connectivity index (χ1) is 9.26. The molecule has 0 radical (unpaired) electrons. The summed E-state index contributed by atoms with van der Waals surface area (Å²) in [7, 11) is 0. The van der Waals surface area contributed by atoms with Crippen LogP contribution in [0.15, 0.2) is 4.99 Å². The van der Waals surface area contributed by atoms with Crippen LogP contribution >= 0.6 is 11.8 Å². The molecule has 0 spiro atoms. The summed E-state index contributed by atoms with van der Waals surface area (Å²) in [6.45, 7) is 8.78. The van der Waals surface area contributed by atoms with Crippen LogP contribution in [0, 0.1) is 5.92 Å². The zero-order valence-corrected chi connectivity index (χ0v) is 13.4. The molecule has 0 aromatic rings. The van der Waals surface area contributed by atoms with E-state index >= 15 is 0 Å². The minimum atomic E-state index is 0.567. The van der Waals surface area contributed by atoms with Crippen molar-refractivity contribution in [3.05, 3.63) is 0 Å². The smallest absolute Gasteiger partial charge is 0.191 e. The van der Waals surface area contributed by atoms with Gasteiger partial charge in [0.05, 0.1) is 6.54 Å². The molecule has 0 saturated heterocycles. The summed E-state index contributed by atoms with van der Waals surface area (Å²) in [4.78, 5) is 4.57. The molecule has 0 bridgehead atoms. The van der Waals surface area contributed by atoms with Crippen LogP contribution in [0.4, 0.5) is 0 Å². The van der Waals surface area contributed by atoms with Gasteiger partial charge in [-0.15, -0.1) is 0 Å². The van der Waals surface area contributed by atoms with Gasteiger partial charge in [0.1, 0.15) is 0 Å². The van der Waals surface area contributed by atoms with E-state index in [0.717, 1.165) is 51.1 Å². The molecule has 1 unspecified atom stereocenters. The van der Waals surface area contributed by atoms with Crippen molar-refractivity contribution in [3.8, 4) is 0 Å². The highest BCUT2D eigenvalue weighted by Gasteiger charge is 2.20. The maximum absolute atomic E-state index is 5.61. The molecule has 0 amide bonds. The molecule has 0 heterocycles. The van der Waals surface area contributed by atoms with Gasteiger partial charge in [-0.3, -0.25) is 4.99 Å². The molecule has 1 aliphatic rings. The molecule has 0 aromatic carbocycles. The van der Waals surface area contributed by atoms with Crippen LogP contribution in [0.25, 0.3) is 0 Å². The van der Waals surface area contributed by atoms with Crippen LogP contribution in [-0.2, 0) is 4.74 Å². The first kappa shape index (κ1) is 16.6. The quantitative estimate of drug-likeness (QED) is 0.367. The number of nitrogens with zero attached hydrogens (tertiary/aromatic N) is 1. The fourth-order valence-corrected chi connectivity index (χ4v) is 1.78. The first-order valence-corrected chi connectivity index (χ1v) is 8.67. The number of hydrogen-bond acceptors (Lipinski definition) is 3. The Hall–Kier alpha value is -0.420. The van der Waals surface area contributed by atoms with Crippen LogP contribution < -0.4 is 10.6 Å². The monoisotopic (exact) mass is 287 g/mol. The Morgan fingerprint density at radius 2 is 2.21 bits per heavy atom. The third-order valence-electron chi connectivity index (χ3n) is 3.06. The molecule has 1 rings (SSSR count). The predicted octanol–water partition coefficient (Wildman–Crippen LogP) is 2.11. The van der Waals surface area contributed by atoms with Gasteiger partial charge in [0.2, 0.25) is 0 Å². The van der Waals surface area contributed by atoms with E-state index in [2.05, 4.69) is 35.7 Å². The van der Waals surface area contributed by atoms with Gasteiger partial charge in [-0.05, 0) is 38.4 Å². The number of rotatable bonds is 10. The molecule has 19 heavy (non-hydrogen) atoms. The van der Waals surface area contributed by atoms with Gasteiger partial charge < -0.3 is 15.4 Å². The predicted molar refractivity (Wildman–Crippen MR) is 85.1 cm³/mol. The summed E-state index contributed by atoms with van der Waals surface area (Å²) in [5, 5.41) is 7.19. The second kappa shape index (κ2) is 10.4. The number of nitrogens with one attached hydrogen (secondary N) is 2. The summed E-state index contributed by atoms with van der Waals surface area (Å²) in [5.41, 5.74) is 0. The van der Waals surface area contributed by atoms with Crippen molar-refractivity contribution in [2.24, 2.45) is 10.9 Å². The molecule has 1 saturated carbocycles. The van der Waals surface area contributed by atoms with E-state index in [1.165, 1.54) is 12.8 Å². The maximum atomic E-state index is 5.61. The van der Waals surface area contributed by atoms with E-state index in [0.29, 0.717) is 5.25 Å². The Morgan fingerprint density at radius 1 is 1.42 bits per heavy atom. The Bertz CT molecular complexity index is 257. The lowest BCUT2D eigenvalue weighted by Crippen LogP contribution is -2.38. The number of guanidine groups is 1. The molecule has 112 valence electrons. The minimum absolute atomic E-state index is 0.567. The van der Waals surface area contributed by atoms with E-state index in [1.54, 1.807) is 0 Å². The Balaban J connectivity index is 2.05. The lowest BCUT2D eigenvalue weighted by Gasteiger charge is -2.12. The van der Waals surface area contributed by atoms with Gasteiger partial charge in [0, 0.05) is 31.6 Å². The number of ether oxygens (including phenoxy) is 1. The fourth-order valence-electron chi connectivity index (χ4n) is 1.55. The molecule has 0 aromatic heterocycles. The van der Waals surface area contributed by atoms with Gasteiger partial charge in [-0.2, -0.15) is 11.8 Å². The zero-order valence-electron chi connectivity index (χ0n) is 12.6. The van der Waals surface area contributed by atoms with Crippen LogP contribution in [0.5, 0.6) is 0 Å². The maximum Gasteiger partial charge on any atom is 0.191 e. The lowest BCUT2D eigenvalue weighted by molar-refractivity contribution is 0.123. The number of hydrogen-bond donors (Lipinski definition) is 2. The highest BCUT2D eigenvalue weighted by Crippen LogP contribution is 2.28. The molecule has 0 aliphatic heterocycles. The zero-order chi connectivity index (χ0) is 13.9. The summed E-state index contributed by atoms with van der Waals surface area (Å²) in [6, 6.07) is 0. The molecular weight excluding hydrogens is 258 g/mol. The van der Waals surface area contributed by atoms with Crippen molar-refractivity contribution in [1.82, 2.24) is 10.6 Å². The van der Waals surface area contributed by atoms with E-state index in [4.69, 9.17) is 4.74 Å². The number of thioether (sulfide) groups is 1. The Kier molecular flexibility index (Phi) is 9.08. The van der Waals surface area contributed by atoms with Crippen LogP contribution in [0.1, 0.15) is 33.1 Å². The Morgan fingerprint density at radius 3 is 2.84 bits per heavy atom. The van der Waals surface area contributed by atoms with Crippen LogP contribution in [0.2, 0.25) is 0 Å². The summed E-state index contributed by atoms with van der Waals surface area (Å²) in [5.74, 6) is 1.78. The van der Waals surface area contributed by atoms with Crippen molar-refractivity contribution >= 4 is 17.7 Å². The molecule has 5 heteroatoms. The van der Waals surface area contributed by atoms with Gasteiger partial charge in [0.15, 0.2) is 5.96 Å². The second-order valence-corrected chi connectivity index (χ2v) is 6.34.